The number of aromatic nitrogens is 4. The molecular weight excluding hydrogens is 684 g/mol. The van der Waals surface area contributed by atoms with E-state index in [1.165, 1.54) is 66.6 Å². The summed E-state index contributed by atoms with van der Waals surface area (Å²) < 4.78 is 0. The van der Waals surface area contributed by atoms with Gasteiger partial charge in [-0.05, 0) is 79.7 Å². The topological polar surface area (TPSA) is 59.8 Å². The molecule has 5 rings (SSSR count). The monoisotopic (exact) mass is 729 g/mol. The van der Waals surface area contributed by atoms with Crippen molar-refractivity contribution in [1.82, 2.24) is 19.9 Å². The number of nitrogens with one attached hydrogen (secondary N) is 2. The zero-order chi connectivity index (χ0) is 28.6. The van der Waals surface area contributed by atoms with Gasteiger partial charge in [-0.3, -0.25) is 0 Å². The van der Waals surface area contributed by atoms with Crippen LogP contribution in [0, 0.1) is 0 Å². The van der Waals surface area contributed by atoms with Gasteiger partial charge in [0.2, 0.25) is 0 Å². The van der Waals surface area contributed by atoms with Crippen LogP contribution in [-0.2, 0) is 72.4 Å². The third-order valence-electron chi connectivity index (χ3n) is 8.97. The Bertz CT molecular complexity index is 1530. The minimum atomic E-state index is 0. The summed E-state index contributed by atoms with van der Waals surface area (Å²) in [5.41, 5.74) is 15.6. The third-order valence-corrected chi connectivity index (χ3v) is 8.97. The molecule has 8 bridgehead atoms. The second-order valence-electron chi connectivity index (χ2n) is 10.9. The van der Waals surface area contributed by atoms with Gasteiger partial charge in [-0.15, -0.1) is 22.1 Å². The minimum Gasteiger partial charge on any atom is -0.657 e. The van der Waals surface area contributed by atoms with Crippen LogP contribution in [0.3, 0.4) is 0 Å². The smallest absolute Gasteiger partial charge is 0.657 e. The van der Waals surface area contributed by atoms with Crippen LogP contribution in [0.2, 0.25) is 0 Å². The average Bonchev–Trinajstić information content (AvgIpc) is 3.67. The van der Waals surface area contributed by atoms with E-state index in [4.69, 9.17) is 9.97 Å². The molecule has 1 aliphatic rings. The van der Waals surface area contributed by atoms with Gasteiger partial charge in [0.1, 0.15) is 0 Å². The predicted octanol–water partition coefficient (Wildman–Crippen LogP) is 4.38. The molecule has 5 heteroatoms. The molecular formula is C36H46N4Pt. The van der Waals surface area contributed by atoms with Crippen LogP contribution in [0.5, 0.6) is 0 Å². The van der Waals surface area contributed by atoms with E-state index in [1.54, 1.807) is 0 Å². The summed E-state index contributed by atoms with van der Waals surface area (Å²) in [6.07, 6.45) is 17.1. The van der Waals surface area contributed by atoms with Crippen molar-refractivity contribution >= 4 is 24.3 Å². The maximum absolute atomic E-state index is 5.28. The quantitative estimate of drug-likeness (QED) is 0.249. The van der Waals surface area contributed by atoms with E-state index in [9.17, 15) is 0 Å². The molecule has 0 radical (unpaired) electrons. The number of nitrogens with zero attached hydrogens (tertiary/aromatic N) is 2. The Labute approximate surface area is 259 Å². The van der Waals surface area contributed by atoms with Crippen LogP contribution >= 0.6 is 0 Å². The number of H-pyrrole nitrogens is 2. The summed E-state index contributed by atoms with van der Waals surface area (Å²) in [6, 6.07) is 0. The maximum Gasteiger partial charge on any atom is 2.00 e. The molecule has 0 saturated heterocycles. The van der Waals surface area contributed by atoms with Crippen molar-refractivity contribution in [2.75, 3.05) is 0 Å². The molecule has 0 amide bonds. The van der Waals surface area contributed by atoms with E-state index in [2.05, 4.69) is 89.7 Å². The summed E-state index contributed by atoms with van der Waals surface area (Å²) >= 11 is 0. The molecule has 0 aromatic carbocycles. The zero-order valence-electron chi connectivity index (χ0n) is 26.2. The van der Waals surface area contributed by atoms with Crippen molar-refractivity contribution < 1.29 is 21.1 Å². The molecule has 0 saturated carbocycles. The standard InChI is InChI=1S/C36H46N4.Pt/c1-9-21-22(10-2)30-18-32-25(13-5)26(14-6)34(39-32)20-36-28(16-8)27(15-7)35(40-36)19-33-24(12-4)23(11-3)31(38-33)17-29(21)37-30;/h17-20,37-38H,9-16H2,1-8H3;/q-2;+2. The molecule has 4 aromatic rings. The van der Waals surface area contributed by atoms with Crippen LogP contribution in [0.15, 0.2) is 0 Å². The minimum absolute atomic E-state index is 0. The van der Waals surface area contributed by atoms with Gasteiger partial charge in [0, 0.05) is 22.1 Å². The fourth-order valence-electron chi connectivity index (χ4n) is 7.10. The molecule has 0 aliphatic carbocycles. The Morgan fingerprint density at radius 3 is 1.32 bits per heavy atom. The van der Waals surface area contributed by atoms with Crippen LogP contribution in [0.1, 0.15) is 123 Å². The largest absolute Gasteiger partial charge is 2.00 e. The van der Waals surface area contributed by atoms with E-state index in [0.29, 0.717) is 0 Å². The van der Waals surface area contributed by atoms with Crippen LogP contribution < -0.4 is 31.4 Å². The molecule has 220 valence electrons. The first-order valence-corrected chi connectivity index (χ1v) is 15.7. The first kappa shape index (κ1) is 31.2. The summed E-state index contributed by atoms with van der Waals surface area (Å²) in [4.78, 5) is 18.2. The second kappa shape index (κ2) is 13.1. The number of hydrogen-bond acceptors (Lipinski definition) is 0. The van der Waals surface area contributed by atoms with E-state index in [-0.39, 0.29) is 21.1 Å². The van der Waals surface area contributed by atoms with E-state index in [0.717, 1.165) is 73.5 Å². The van der Waals surface area contributed by atoms with Gasteiger partial charge in [-0.2, -0.15) is 0 Å². The Morgan fingerprint density at radius 1 is 0.415 bits per heavy atom. The number of fused-ring (bicyclic) bond motifs is 8. The van der Waals surface area contributed by atoms with Crippen molar-refractivity contribution in [2.24, 2.45) is 0 Å². The first-order valence-electron chi connectivity index (χ1n) is 15.7. The normalized spacial score (nSPS) is 12.3. The summed E-state index contributed by atoms with van der Waals surface area (Å²) in [7, 11) is 0. The molecule has 4 aromatic heterocycles. The first-order chi connectivity index (χ1) is 19.5. The van der Waals surface area contributed by atoms with Gasteiger partial charge in [0.05, 0.1) is 0 Å². The Hall–Kier alpha value is -2.71. The van der Waals surface area contributed by atoms with Crippen molar-refractivity contribution in [2.45, 2.75) is 107 Å². The molecule has 41 heavy (non-hydrogen) atoms. The van der Waals surface area contributed by atoms with Crippen LogP contribution in [0.25, 0.3) is 24.3 Å². The fraction of sp³-hybridized carbons (Fsp3) is 0.444. The Balaban J connectivity index is 0.00000387. The van der Waals surface area contributed by atoms with Crippen molar-refractivity contribution in [3.63, 3.8) is 0 Å². The second-order valence-corrected chi connectivity index (χ2v) is 10.9. The molecule has 0 atom stereocenters. The number of hydrogen-bond donors (Lipinski definition) is 2. The molecule has 5 heterocycles. The molecule has 0 spiro atoms. The molecule has 4 nitrogen and oxygen atoms in total. The van der Waals surface area contributed by atoms with Crippen molar-refractivity contribution in [3.8, 4) is 0 Å². The van der Waals surface area contributed by atoms with Gasteiger partial charge in [0.15, 0.2) is 0 Å². The van der Waals surface area contributed by atoms with Crippen molar-refractivity contribution in [3.05, 3.63) is 88.7 Å². The van der Waals surface area contributed by atoms with Crippen LogP contribution in [0.4, 0.5) is 0 Å². The molecule has 2 N–H and O–H groups in total. The third kappa shape index (κ3) is 5.34. The van der Waals surface area contributed by atoms with Gasteiger partial charge in [0.25, 0.3) is 0 Å². The predicted molar refractivity (Wildman–Crippen MR) is 169 cm³/mol. The van der Waals surface area contributed by atoms with Gasteiger partial charge >= 0.3 is 21.1 Å². The Morgan fingerprint density at radius 2 is 0.829 bits per heavy atom. The molecule has 0 unspecified atom stereocenters. The fourth-order valence-corrected chi connectivity index (χ4v) is 7.10. The average molecular weight is 730 g/mol. The summed E-state index contributed by atoms with van der Waals surface area (Å²) in [5, 5.41) is 4.59. The van der Waals surface area contributed by atoms with Crippen LogP contribution in [-0.4, -0.2) is 9.97 Å². The van der Waals surface area contributed by atoms with E-state index < -0.39 is 0 Å². The number of aromatic amines is 2. The van der Waals surface area contributed by atoms with Gasteiger partial charge in [-0.25, -0.2) is 0 Å². The molecule has 1 aliphatic heterocycles. The summed E-state index contributed by atoms with van der Waals surface area (Å²) in [6.45, 7) is 18.1. The number of rotatable bonds is 8. The zero-order valence-corrected chi connectivity index (χ0v) is 28.4. The SMILES string of the molecule is CCc1c2[n-]c(c1CC)C=c1[nH]c(c(CC)c1CC)=Cc1[nH]c(c(CC)c1CC)C=c1[n-]c(c(CC)c1CC)=C2.[Pt+2]. The van der Waals surface area contributed by atoms with E-state index >= 15 is 0 Å². The maximum atomic E-state index is 5.28. The van der Waals surface area contributed by atoms with Crippen molar-refractivity contribution in [1.29, 1.82) is 0 Å². The Kier molecular flexibility index (Phi) is 9.96. The molecule has 0 fully saturated rings. The van der Waals surface area contributed by atoms with E-state index in [1.807, 2.05) is 0 Å². The summed E-state index contributed by atoms with van der Waals surface area (Å²) in [5.74, 6) is 0. The van der Waals surface area contributed by atoms with Gasteiger partial charge in [-0.1, -0.05) is 95.9 Å². The van der Waals surface area contributed by atoms with Gasteiger partial charge < -0.3 is 19.9 Å².